The van der Waals surface area contributed by atoms with Gasteiger partial charge in [0.25, 0.3) is 0 Å². The second kappa shape index (κ2) is 123. The van der Waals surface area contributed by atoms with E-state index in [0.29, 0.717) is 0 Å². The summed E-state index contributed by atoms with van der Waals surface area (Å²) in [4.78, 5) is 0. The Bertz CT molecular complexity index is 3.25. The van der Waals surface area contributed by atoms with Gasteiger partial charge in [-0.05, 0) is 0 Å². The van der Waals surface area contributed by atoms with Crippen molar-refractivity contribution < 1.29 is 33.5 Å². The molecule has 0 aliphatic rings. The first kappa shape index (κ1) is 319. The van der Waals surface area contributed by atoms with E-state index in [-0.39, 0.29) is 33.5 Å². The summed E-state index contributed by atoms with van der Waals surface area (Å²) >= 11 is 0. The predicted molar refractivity (Wildman–Crippen MR) is 2.06 cm³/mol. The average Bonchev–Trinajstić information content (AvgIpc) is 0. The molecule has 0 aromatic heterocycles. The molecule has 25 valence electrons. The van der Waals surface area contributed by atoms with Crippen molar-refractivity contribution >= 4 is 0 Å². The number of hydrogen-bond donors (Lipinski definition) is 0. The van der Waals surface area contributed by atoms with Crippen LogP contribution in [0.2, 0.25) is 0 Å². The summed E-state index contributed by atoms with van der Waals surface area (Å²) < 4.78 is 0. The van der Waals surface area contributed by atoms with Crippen molar-refractivity contribution in [1.29, 1.82) is 0 Å². The van der Waals surface area contributed by atoms with E-state index in [1.54, 1.807) is 0 Å². The van der Waals surface area contributed by atoms with Gasteiger partial charge in [0.05, 0.1) is 0 Å². The van der Waals surface area contributed by atoms with Crippen LogP contribution in [-0.4, -0.2) is 0 Å². The van der Waals surface area contributed by atoms with Gasteiger partial charge in [0.2, 0.25) is 0 Å². The van der Waals surface area contributed by atoms with Gasteiger partial charge in [-0.15, -0.1) is 0 Å². The molecule has 3 nitrogen and oxygen atoms in total. The molecule has 0 saturated heterocycles. The van der Waals surface area contributed by atoms with Gasteiger partial charge in [0.1, 0.15) is 0 Å². The molecule has 0 bridgehead atoms. The van der Waals surface area contributed by atoms with E-state index in [1.165, 1.54) is 0 Å². The molecule has 0 N–H and O–H groups in total. The number of hydrogen-bond acceptors (Lipinski definition) is 0. The normalized spacial score (nSPS) is 0. The maximum atomic E-state index is 0. The van der Waals surface area contributed by atoms with Crippen LogP contribution in [0.15, 0.2) is 0 Å². The van der Waals surface area contributed by atoms with Crippen molar-refractivity contribution in [2.45, 2.75) is 0 Å². The van der Waals surface area contributed by atoms with E-state index in [0.717, 1.165) is 0 Å². The van der Waals surface area contributed by atoms with Crippen LogP contribution in [0.25, 0.3) is 0 Å². The standard InChI is InChI=1S/Mn.3O/q+2;2*-2;+2. The first-order valence-corrected chi connectivity index (χ1v) is 0. The van der Waals surface area contributed by atoms with Gasteiger partial charge < -0.3 is 11.0 Å². The molecule has 0 aromatic rings. The monoisotopic (exact) mass is 103 g/mol. The van der Waals surface area contributed by atoms with E-state index in [9.17, 15) is 0 Å². The summed E-state index contributed by atoms with van der Waals surface area (Å²) in [5.41, 5.74) is 0. The Kier molecular flexibility index (Phi) is 9770. The summed E-state index contributed by atoms with van der Waals surface area (Å²) in [5, 5.41) is 0. The maximum Gasteiger partial charge on any atom is 2.00 e. The molecule has 4 heavy (non-hydrogen) atoms. The van der Waals surface area contributed by atoms with Gasteiger partial charge in [0.15, 0.2) is 0 Å². The van der Waals surface area contributed by atoms with Gasteiger partial charge in [-0.1, -0.05) is 0 Å². The molecule has 0 aliphatic carbocycles. The molecule has 0 aliphatic heterocycles. The van der Waals surface area contributed by atoms with Crippen molar-refractivity contribution in [3.8, 4) is 0 Å². The Morgan fingerprint density at radius 2 is 0.750 bits per heavy atom. The molecule has 4 heteroatoms. The zero-order valence-electron chi connectivity index (χ0n) is 1.60. The Labute approximate surface area is 34.4 Å². The molecule has 0 atom stereocenters. The van der Waals surface area contributed by atoms with Crippen LogP contribution < -0.4 is 0 Å². The fourth-order valence-electron chi connectivity index (χ4n) is 0. The molecule has 0 aromatic carbocycles. The average molecular weight is 103 g/mol. The molecule has 0 spiro atoms. The Morgan fingerprint density at radius 1 is 0.750 bits per heavy atom. The SMILES string of the molecule is [Mn+2].[O+2].[O-2].[O-2]. The maximum absolute atomic E-state index is 0. The third kappa shape index (κ3) is 29.4. The zero-order chi connectivity index (χ0) is 0. The fourth-order valence-corrected chi connectivity index (χ4v) is 0. The van der Waals surface area contributed by atoms with Crippen LogP contribution in [0.1, 0.15) is 0 Å². The molecule has 0 heterocycles. The van der Waals surface area contributed by atoms with Crippen molar-refractivity contribution in [1.82, 2.24) is 0 Å². The van der Waals surface area contributed by atoms with Crippen molar-refractivity contribution in [3.63, 3.8) is 0 Å². The van der Waals surface area contributed by atoms with Crippen molar-refractivity contribution in [2.75, 3.05) is 0 Å². The minimum Gasteiger partial charge on any atom is -2.00 e. The fraction of sp³-hybridized carbons (Fsp3) is 0. The predicted octanol–water partition coefficient (Wildman–Crippen LogP) is -0.359. The second-order valence-electron chi connectivity index (χ2n) is 0. The smallest absolute Gasteiger partial charge is 2.00 e. The topological polar surface area (TPSA) is 85.5 Å². The van der Waals surface area contributed by atoms with E-state index >= 15 is 0 Å². The second-order valence-corrected chi connectivity index (χ2v) is 0. The largest absolute Gasteiger partial charge is 2.00 e. The quantitative estimate of drug-likeness (QED) is 0.375. The molecule has 0 amide bonds. The van der Waals surface area contributed by atoms with Crippen molar-refractivity contribution in [2.24, 2.45) is 0 Å². The molecule has 0 rings (SSSR count). The van der Waals surface area contributed by atoms with Crippen LogP contribution in [0, 0.1) is 0 Å². The molecule has 0 fully saturated rings. The summed E-state index contributed by atoms with van der Waals surface area (Å²) in [6.45, 7) is 0. The van der Waals surface area contributed by atoms with Gasteiger partial charge in [0, 0.05) is 0 Å². The first-order chi connectivity index (χ1) is 0. The van der Waals surface area contributed by atoms with Crippen LogP contribution in [-0.2, 0) is 33.5 Å². The summed E-state index contributed by atoms with van der Waals surface area (Å²) in [5.74, 6) is 0. The van der Waals surface area contributed by atoms with E-state index < -0.39 is 0 Å². The molecule has 0 saturated carbocycles. The first-order valence-electron chi connectivity index (χ1n) is 0. The van der Waals surface area contributed by atoms with Crippen LogP contribution in [0.4, 0.5) is 0 Å². The molecule has 5 radical (unpaired) electrons. The van der Waals surface area contributed by atoms with E-state index in [2.05, 4.69) is 0 Å². The third-order valence-electron chi connectivity index (χ3n) is 0. The van der Waals surface area contributed by atoms with Crippen LogP contribution in [0.3, 0.4) is 0 Å². The minimum absolute atomic E-state index is 0. The Hall–Kier alpha value is 0.399. The van der Waals surface area contributed by atoms with Gasteiger partial charge in [-0.2, -0.15) is 0 Å². The third-order valence-corrected chi connectivity index (χ3v) is 0. The molecular formula is MnO3. The minimum atomic E-state index is 0. The summed E-state index contributed by atoms with van der Waals surface area (Å²) in [6, 6.07) is 0. The van der Waals surface area contributed by atoms with Gasteiger partial charge >= 0.3 is 22.5 Å². The molecule has 0 unspecified atom stereocenters. The van der Waals surface area contributed by atoms with Crippen LogP contribution in [0.5, 0.6) is 0 Å². The summed E-state index contributed by atoms with van der Waals surface area (Å²) in [7, 11) is 0. The van der Waals surface area contributed by atoms with E-state index in [1.807, 2.05) is 0 Å². The van der Waals surface area contributed by atoms with Gasteiger partial charge in [-0.25, -0.2) is 0 Å². The van der Waals surface area contributed by atoms with E-state index in [4.69, 9.17) is 0 Å². The Morgan fingerprint density at radius 3 is 0.750 bits per heavy atom. The zero-order valence-corrected chi connectivity index (χ0v) is 2.78. The number of rotatable bonds is 0. The molecular weight excluding hydrogens is 103 g/mol. The van der Waals surface area contributed by atoms with Crippen molar-refractivity contribution in [3.05, 3.63) is 0 Å². The van der Waals surface area contributed by atoms with Crippen LogP contribution >= 0.6 is 0 Å². The Balaban J connectivity index is 0. The van der Waals surface area contributed by atoms with Gasteiger partial charge in [-0.3, -0.25) is 0 Å². The summed E-state index contributed by atoms with van der Waals surface area (Å²) in [6.07, 6.45) is 0.